The van der Waals surface area contributed by atoms with Gasteiger partial charge in [-0.3, -0.25) is 20.2 Å². The second-order valence-electron chi connectivity index (χ2n) is 5.43. The van der Waals surface area contributed by atoms with Gasteiger partial charge >= 0.3 is 0 Å². The maximum absolute atomic E-state index is 11.2. The van der Waals surface area contributed by atoms with Gasteiger partial charge in [-0.05, 0) is 36.5 Å². The lowest BCUT2D eigenvalue weighted by Crippen LogP contribution is -2.10. The maximum Gasteiger partial charge on any atom is 0.292 e. The number of nitro benzene ring substituents is 2. The molecule has 1 aliphatic carbocycles. The molecular weight excluding hydrogens is 332 g/mol. The monoisotopic (exact) mass is 346 g/mol. The van der Waals surface area contributed by atoms with Crippen LogP contribution in [-0.4, -0.2) is 9.85 Å². The molecule has 0 bridgehead atoms. The lowest BCUT2D eigenvalue weighted by Gasteiger charge is -2.24. The van der Waals surface area contributed by atoms with Crippen LogP contribution < -0.4 is 0 Å². The Labute approximate surface area is 142 Å². The molecule has 0 N–H and O–H groups in total. The van der Waals surface area contributed by atoms with Crippen LogP contribution in [0.5, 0.6) is 0 Å². The molecule has 1 aliphatic rings. The molecule has 0 fully saturated rings. The van der Waals surface area contributed by atoms with E-state index in [0.717, 1.165) is 42.9 Å². The summed E-state index contributed by atoms with van der Waals surface area (Å²) in [6.45, 7) is 0. The highest BCUT2D eigenvalue weighted by Gasteiger charge is 2.24. The summed E-state index contributed by atoms with van der Waals surface area (Å²) < 4.78 is 5.83. The Kier molecular flexibility index (Phi) is 4.77. The first kappa shape index (κ1) is 16.4. The second-order valence-corrected chi connectivity index (χ2v) is 6.22. The van der Waals surface area contributed by atoms with Gasteiger partial charge in [0.1, 0.15) is 4.90 Å². The summed E-state index contributed by atoms with van der Waals surface area (Å²) in [7, 11) is 0. The summed E-state index contributed by atoms with van der Waals surface area (Å²) >= 11 is 0.902. The first-order valence-electron chi connectivity index (χ1n) is 7.40. The molecular formula is C16H14N2O5S. The summed E-state index contributed by atoms with van der Waals surface area (Å²) in [4.78, 5) is 20.9. The Balaban J connectivity index is 1.80. The highest BCUT2D eigenvalue weighted by Crippen LogP contribution is 2.40. The standard InChI is InChI=1S/C16H14N2O5S/c19-17(20)12-8-9-16(14(10-12)18(21)22)24-23-15-7-3-5-11-4-1-2-6-13(11)15/h1-2,4,6,8-10,15H,3,5,7H2/t15-/m0/s1. The SMILES string of the molecule is O=[N+]([O-])c1ccc(SO[C@H]2CCCc3ccccc32)c([N+](=O)[O-])c1. The Hall–Kier alpha value is -2.45. The minimum Gasteiger partial charge on any atom is -0.302 e. The van der Waals surface area contributed by atoms with E-state index in [1.54, 1.807) is 0 Å². The molecule has 0 heterocycles. The van der Waals surface area contributed by atoms with E-state index < -0.39 is 9.85 Å². The molecule has 0 saturated heterocycles. The van der Waals surface area contributed by atoms with Gasteiger partial charge in [-0.15, -0.1) is 0 Å². The third-order valence-corrected chi connectivity index (χ3v) is 4.77. The third kappa shape index (κ3) is 3.39. The predicted octanol–water partition coefficient (Wildman–Crippen LogP) is 4.60. The normalized spacial score (nSPS) is 16.4. The van der Waals surface area contributed by atoms with Crippen molar-refractivity contribution in [2.24, 2.45) is 0 Å². The third-order valence-electron chi connectivity index (χ3n) is 3.92. The molecule has 0 unspecified atom stereocenters. The average Bonchev–Trinajstić information content (AvgIpc) is 2.59. The summed E-state index contributed by atoms with van der Waals surface area (Å²) in [5.74, 6) is 0. The predicted molar refractivity (Wildman–Crippen MR) is 88.8 cm³/mol. The van der Waals surface area contributed by atoms with E-state index in [-0.39, 0.29) is 22.4 Å². The number of hydrogen-bond acceptors (Lipinski definition) is 6. The molecule has 0 aromatic heterocycles. The molecule has 0 spiro atoms. The van der Waals surface area contributed by atoms with Crippen molar-refractivity contribution in [1.82, 2.24) is 0 Å². The van der Waals surface area contributed by atoms with Gasteiger partial charge in [-0.1, -0.05) is 24.3 Å². The van der Waals surface area contributed by atoms with E-state index in [1.165, 1.54) is 17.7 Å². The topological polar surface area (TPSA) is 95.5 Å². The van der Waals surface area contributed by atoms with Crippen molar-refractivity contribution in [2.45, 2.75) is 30.3 Å². The van der Waals surface area contributed by atoms with Gasteiger partial charge in [0.15, 0.2) is 0 Å². The van der Waals surface area contributed by atoms with Crippen LogP contribution in [0.15, 0.2) is 47.4 Å². The van der Waals surface area contributed by atoms with Crippen LogP contribution in [-0.2, 0) is 10.6 Å². The number of aryl methyl sites for hydroxylation is 1. The Bertz CT molecular complexity index is 796. The molecule has 1 atom stereocenters. The van der Waals surface area contributed by atoms with Gasteiger partial charge in [0.2, 0.25) is 0 Å². The Morgan fingerprint density at radius 2 is 1.88 bits per heavy atom. The first-order chi connectivity index (χ1) is 11.6. The van der Waals surface area contributed by atoms with Crippen LogP contribution in [0.25, 0.3) is 0 Å². The molecule has 0 saturated carbocycles. The van der Waals surface area contributed by atoms with E-state index in [2.05, 4.69) is 6.07 Å². The van der Waals surface area contributed by atoms with Gasteiger partial charge in [0, 0.05) is 18.1 Å². The number of rotatable bonds is 5. The summed E-state index contributed by atoms with van der Waals surface area (Å²) in [6, 6.07) is 11.5. The molecule has 3 rings (SSSR count). The van der Waals surface area contributed by atoms with Crippen molar-refractivity contribution < 1.29 is 14.0 Å². The van der Waals surface area contributed by atoms with Crippen molar-refractivity contribution in [3.05, 3.63) is 73.8 Å². The number of nitro groups is 2. The molecule has 0 radical (unpaired) electrons. The summed E-state index contributed by atoms with van der Waals surface area (Å²) in [6.07, 6.45) is 2.68. The van der Waals surface area contributed by atoms with Crippen LogP contribution in [0.1, 0.15) is 30.1 Å². The van der Waals surface area contributed by atoms with Crippen LogP contribution in [0.4, 0.5) is 11.4 Å². The molecule has 7 nitrogen and oxygen atoms in total. The van der Waals surface area contributed by atoms with E-state index in [0.29, 0.717) is 0 Å². The fourth-order valence-electron chi connectivity index (χ4n) is 2.75. The summed E-state index contributed by atoms with van der Waals surface area (Å²) in [5, 5.41) is 21.9. The van der Waals surface area contributed by atoms with Crippen molar-refractivity contribution in [2.75, 3.05) is 0 Å². The van der Waals surface area contributed by atoms with Crippen LogP contribution in [0, 0.1) is 20.2 Å². The quantitative estimate of drug-likeness (QED) is 0.446. The zero-order valence-electron chi connectivity index (χ0n) is 12.6. The fourth-order valence-corrected chi connectivity index (χ4v) is 3.51. The lowest BCUT2D eigenvalue weighted by molar-refractivity contribution is -0.396. The summed E-state index contributed by atoms with van der Waals surface area (Å²) in [5.41, 5.74) is 1.70. The minimum absolute atomic E-state index is 0.144. The molecule has 2 aromatic rings. The van der Waals surface area contributed by atoms with Gasteiger partial charge in [0.05, 0.1) is 22.0 Å². The smallest absolute Gasteiger partial charge is 0.292 e. The van der Waals surface area contributed by atoms with Gasteiger partial charge in [-0.25, -0.2) is 0 Å². The number of non-ortho nitro benzene ring substituents is 1. The largest absolute Gasteiger partial charge is 0.302 e. The molecule has 124 valence electrons. The Morgan fingerprint density at radius 1 is 1.08 bits per heavy atom. The zero-order chi connectivity index (χ0) is 17.1. The number of hydrogen-bond donors (Lipinski definition) is 0. The van der Waals surface area contributed by atoms with Crippen molar-refractivity contribution in [3.8, 4) is 0 Å². The van der Waals surface area contributed by atoms with Crippen molar-refractivity contribution in [3.63, 3.8) is 0 Å². The highest BCUT2D eigenvalue weighted by atomic mass is 32.2. The number of fused-ring (bicyclic) bond motifs is 1. The zero-order valence-corrected chi connectivity index (χ0v) is 13.4. The Morgan fingerprint density at radius 3 is 2.62 bits per heavy atom. The number of nitrogens with zero attached hydrogens (tertiary/aromatic N) is 2. The van der Waals surface area contributed by atoms with E-state index >= 15 is 0 Å². The van der Waals surface area contributed by atoms with Crippen molar-refractivity contribution in [1.29, 1.82) is 0 Å². The molecule has 0 amide bonds. The molecule has 24 heavy (non-hydrogen) atoms. The fraction of sp³-hybridized carbons (Fsp3) is 0.250. The van der Waals surface area contributed by atoms with Crippen LogP contribution >= 0.6 is 12.0 Å². The first-order valence-corrected chi connectivity index (χ1v) is 8.14. The van der Waals surface area contributed by atoms with Gasteiger partial charge < -0.3 is 4.18 Å². The minimum atomic E-state index is -0.653. The van der Waals surface area contributed by atoms with Crippen LogP contribution in [0.3, 0.4) is 0 Å². The van der Waals surface area contributed by atoms with E-state index in [1.807, 2.05) is 18.2 Å². The van der Waals surface area contributed by atoms with Gasteiger partial charge in [-0.2, -0.15) is 0 Å². The second kappa shape index (κ2) is 6.98. The molecule has 0 aliphatic heterocycles. The molecule has 8 heteroatoms. The average molecular weight is 346 g/mol. The number of benzene rings is 2. The highest BCUT2D eigenvalue weighted by molar-refractivity contribution is 7.94. The lowest BCUT2D eigenvalue weighted by atomic mass is 9.90. The molecule has 2 aromatic carbocycles. The van der Waals surface area contributed by atoms with Gasteiger partial charge in [0.25, 0.3) is 11.4 Å². The van der Waals surface area contributed by atoms with Crippen molar-refractivity contribution >= 4 is 23.4 Å². The van der Waals surface area contributed by atoms with E-state index in [4.69, 9.17) is 4.18 Å². The maximum atomic E-state index is 11.2. The van der Waals surface area contributed by atoms with E-state index in [9.17, 15) is 20.2 Å². The van der Waals surface area contributed by atoms with Crippen LogP contribution in [0.2, 0.25) is 0 Å².